The van der Waals surface area contributed by atoms with E-state index in [1.165, 1.54) is 0 Å². The lowest BCUT2D eigenvalue weighted by Gasteiger charge is -2.35. The smallest absolute Gasteiger partial charge is 0.320 e. The van der Waals surface area contributed by atoms with Crippen LogP contribution >= 0.6 is 11.6 Å². The summed E-state index contributed by atoms with van der Waals surface area (Å²) in [6.45, 7) is 3.48. The Morgan fingerprint density at radius 3 is 2.63 bits per heavy atom. The standard InChI is InChI=1S/C14H19ClN2O2/c1-10(14(18)19)16-11-6-8-17(9-7-11)13-5-3-2-4-12(13)15/h2-5,10-11,16H,6-9H2,1H3,(H,18,19)/t10-/m1/s1. The van der Waals surface area contributed by atoms with Gasteiger partial charge in [0.2, 0.25) is 0 Å². The van der Waals surface area contributed by atoms with Gasteiger partial charge in [0.25, 0.3) is 0 Å². The molecule has 1 atom stereocenters. The molecule has 4 nitrogen and oxygen atoms in total. The number of halogens is 1. The van der Waals surface area contributed by atoms with Crippen LogP contribution in [0.25, 0.3) is 0 Å². The van der Waals surface area contributed by atoms with Crippen molar-refractivity contribution in [3.05, 3.63) is 29.3 Å². The van der Waals surface area contributed by atoms with Gasteiger partial charge < -0.3 is 15.3 Å². The van der Waals surface area contributed by atoms with Crippen LogP contribution in [0.2, 0.25) is 5.02 Å². The lowest BCUT2D eigenvalue weighted by molar-refractivity contribution is -0.139. The second kappa shape index (κ2) is 6.26. The van der Waals surface area contributed by atoms with Crippen molar-refractivity contribution in [1.82, 2.24) is 5.32 Å². The first kappa shape index (κ1) is 14.2. The molecule has 2 N–H and O–H groups in total. The number of carboxylic acid groups (broad SMARTS) is 1. The van der Waals surface area contributed by atoms with Crippen molar-refractivity contribution in [2.24, 2.45) is 0 Å². The van der Waals surface area contributed by atoms with Crippen molar-refractivity contribution in [3.8, 4) is 0 Å². The first-order valence-electron chi connectivity index (χ1n) is 6.56. The number of benzene rings is 1. The summed E-state index contributed by atoms with van der Waals surface area (Å²) in [5, 5.41) is 12.8. The number of carboxylic acids is 1. The van der Waals surface area contributed by atoms with E-state index in [1.807, 2.05) is 24.3 Å². The van der Waals surface area contributed by atoms with Crippen molar-refractivity contribution in [1.29, 1.82) is 0 Å². The minimum Gasteiger partial charge on any atom is -0.480 e. The molecule has 0 spiro atoms. The van der Waals surface area contributed by atoms with E-state index >= 15 is 0 Å². The summed E-state index contributed by atoms with van der Waals surface area (Å²) in [5.74, 6) is -0.798. The third-order valence-corrected chi connectivity index (χ3v) is 3.86. The highest BCUT2D eigenvalue weighted by Crippen LogP contribution is 2.27. The molecule has 0 aliphatic carbocycles. The third kappa shape index (κ3) is 3.61. The van der Waals surface area contributed by atoms with Gasteiger partial charge >= 0.3 is 5.97 Å². The highest BCUT2D eigenvalue weighted by molar-refractivity contribution is 6.33. The van der Waals surface area contributed by atoms with Crippen LogP contribution in [0, 0.1) is 0 Å². The van der Waals surface area contributed by atoms with Crippen molar-refractivity contribution >= 4 is 23.3 Å². The number of piperidine rings is 1. The van der Waals surface area contributed by atoms with Crippen LogP contribution in [0.1, 0.15) is 19.8 Å². The number of rotatable bonds is 4. The molecule has 1 saturated heterocycles. The molecule has 1 aromatic carbocycles. The van der Waals surface area contributed by atoms with E-state index in [9.17, 15) is 4.79 Å². The molecule has 0 bridgehead atoms. The average molecular weight is 283 g/mol. The summed E-state index contributed by atoms with van der Waals surface area (Å²) in [5.41, 5.74) is 1.06. The molecular formula is C14H19ClN2O2. The van der Waals surface area contributed by atoms with Gasteiger partial charge in [-0.25, -0.2) is 0 Å². The molecule has 2 rings (SSSR count). The SMILES string of the molecule is C[C@@H](NC1CCN(c2ccccc2Cl)CC1)C(=O)O. The zero-order chi connectivity index (χ0) is 13.8. The second-order valence-electron chi connectivity index (χ2n) is 4.94. The van der Waals surface area contributed by atoms with Crippen molar-refractivity contribution in [2.75, 3.05) is 18.0 Å². The zero-order valence-electron chi connectivity index (χ0n) is 11.0. The lowest BCUT2D eigenvalue weighted by atomic mass is 10.0. The number of aliphatic carboxylic acids is 1. The Balaban J connectivity index is 1.89. The molecule has 5 heteroatoms. The van der Waals surface area contributed by atoms with Crippen LogP contribution in [0.4, 0.5) is 5.69 Å². The highest BCUT2D eigenvalue weighted by Gasteiger charge is 2.23. The Bertz CT molecular complexity index is 445. The molecule has 0 unspecified atom stereocenters. The van der Waals surface area contributed by atoms with Gasteiger partial charge in [-0.2, -0.15) is 0 Å². The molecule has 0 radical (unpaired) electrons. The van der Waals surface area contributed by atoms with Gasteiger partial charge in [-0.1, -0.05) is 23.7 Å². The summed E-state index contributed by atoms with van der Waals surface area (Å²) >= 11 is 6.18. The van der Waals surface area contributed by atoms with Gasteiger partial charge in [-0.05, 0) is 31.9 Å². The molecule has 1 fully saturated rings. The van der Waals surface area contributed by atoms with Crippen LogP contribution in [-0.2, 0) is 4.79 Å². The fraction of sp³-hybridized carbons (Fsp3) is 0.500. The van der Waals surface area contributed by atoms with Gasteiger partial charge in [-0.3, -0.25) is 4.79 Å². The van der Waals surface area contributed by atoms with Gasteiger partial charge in [0.1, 0.15) is 6.04 Å². The Hall–Kier alpha value is -1.26. The number of anilines is 1. The third-order valence-electron chi connectivity index (χ3n) is 3.54. The molecule has 1 heterocycles. The monoisotopic (exact) mass is 282 g/mol. The zero-order valence-corrected chi connectivity index (χ0v) is 11.7. The number of nitrogens with one attached hydrogen (secondary N) is 1. The Morgan fingerprint density at radius 1 is 1.42 bits per heavy atom. The van der Waals surface area contributed by atoms with Gasteiger partial charge in [0.15, 0.2) is 0 Å². The Morgan fingerprint density at radius 2 is 2.05 bits per heavy atom. The quantitative estimate of drug-likeness (QED) is 0.890. The van der Waals surface area contributed by atoms with Crippen LogP contribution in [0.15, 0.2) is 24.3 Å². The van der Waals surface area contributed by atoms with Crippen LogP contribution in [0.5, 0.6) is 0 Å². The van der Waals surface area contributed by atoms with Crippen LogP contribution in [0.3, 0.4) is 0 Å². The molecular weight excluding hydrogens is 264 g/mol. The molecule has 1 aliphatic heterocycles. The normalized spacial score (nSPS) is 18.3. The lowest BCUT2D eigenvalue weighted by Crippen LogP contribution is -2.47. The molecule has 0 amide bonds. The summed E-state index contributed by atoms with van der Waals surface area (Å²) in [6.07, 6.45) is 1.87. The average Bonchev–Trinajstić information content (AvgIpc) is 2.40. The number of nitrogens with zero attached hydrogens (tertiary/aromatic N) is 1. The van der Waals surface area contributed by atoms with E-state index in [0.717, 1.165) is 36.6 Å². The fourth-order valence-electron chi connectivity index (χ4n) is 2.42. The molecule has 0 aromatic heterocycles. The number of hydrogen-bond acceptors (Lipinski definition) is 3. The predicted octanol–water partition coefficient (Wildman–Crippen LogP) is 2.37. The second-order valence-corrected chi connectivity index (χ2v) is 5.35. The molecule has 19 heavy (non-hydrogen) atoms. The molecule has 0 saturated carbocycles. The minimum atomic E-state index is -0.798. The first-order chi connectivity index (χ1) is 9.08. The van der Waals surface area contributed by atoms with Crippen LogP contribution < -0.4 is 10.2 Å². The maximum absolute atomic E-state index is 10.8. The van der Waals surface area contributed by atoms with Gasteiger partial charge in [0.05, 0.1) is 10.7 Å². The van der Waals surface area contributed by atoms with E-state index in [1.54, 1.807) is 6.92 Å². The minimum absolute atomic E-state index is 0.268. The fourth-order valence-corrected chi connectivity index (χ4v) is 2.68. The van der Waals surface area contributed by atoms with Crippen LogP contribution in [-0.4, -0.2) is 36.2 Å². The largest absolute Gasteiger partial charge is 0.480 e. The van der Waals surface area contributed by atoms with E-state index < -0.39 is 12.0 Å². The highest BCUT2D eigenvalue weighted by atomic mass is 35.5. The van der Waals surface area contributed by atoms with Crippen molar-refractivity contribution in [2.45, 2.75) is 31.8 Å². The van der Waals surface area contributed by atoms with E-state index in [4.69, 9.17) is 16.7 Å². The first-order valence-corrected chi connectivity index (χ1v) is 6.94. The van der Waals surface area contributed by atoms with E-state index in [-0.39, 0.29) is 6.04 Å². The van der Waals surface area contributed by atoms with Gasteiger partial charge in [0, 0.05) is 19.1 Å². The Labute approximate surface area is 118 Å². The molecule has 1 aromatic rings. The van der Waals surface area contributed by atoms with Gasteiger partial charge in [-0.15, -0.1) is 0 Å². The maximum Gasteiger partial charge on any atom is 0.320 e. The van der Waals surface area contributed by atoms with Crippen molar-refractivity contribution in [3.63, 3.8) is 0 Å². The summed E-state index contributed by atoms with van der Waals surface area (Å²) in [6, 6.07) is 7.61. The number of para-hydroxylation sites is 1. The predicted molar refractivity (Wildman–Crippen MR) is 76.9 cm³/mol. The van der Waals surface area contributed by atoms with Crippen molar-refractivity contribution < 1.29 is 9.90 Å². The topological polar surface area (TPSA) is 52.6 Å². The molecule has 1 aliphatic rings. The van der Waals surface area contributed by atoms with E-state index in [0.29, 0.717) is 0 Å². The number of hydrogen-bond donors (Lipinski definition) is 2. The number of carbonyl (C=O) groups is 1. The Kier molecular flexibility index (Phi) is 4.66. The maximum atomic E-state index is 10.8. The van der Waals surface area contributed by atoms with E-state index in [2.05, 4.69) is 10.2 Å². The summed E-state index contributed by atoms with van der Waals surface area (Å²) in [4.78, 5) is 13.1. The molecule has 104 valence electrons. The summed E-state index contributed by atoms with van der Waals surface area (Å²) in [7, 11) is 0. The summed E-state index contributed by atoms with van der Waals surface area (Å²) < 4.78 is 0.